The van der Waals surface area contributed by atoms with Gasteiger partial charge in [-0.3, -0.25) is 4.79 Å². The van der Waals surface area contributed by atoms with Crippen LogP contribution in [0.4, 0.5) is 0 Å². The van der Waals surface area contributed by atoms with Crippen molar-refractivity contribution in [2.45, 2.75) is 17.5 Å². The average molecular weight is 364 g/mol. The first kappa shape index (κ1) is 16.4. The number of aromatic amines is 2. The van der Waals surface area contributed by atoms with Gasteiger partial charge in [0.05, 0.1) is 22.5 Å². The van der Waals surface area contributed by atoms with E-state index < -0.39 is 0 Å². The lowest BCUT2D eigenvalue weighted by molar-refractivity contribution is 0.299. The molecule has 130 valence electrons. The van der Waals surface area contributed by atoms with E-state index in [0.717, 1.165) is 22.6 Å². The first-order valence-electron chi connectivity index (χ1n) is 8.11. The highest BCUT2D eigenvalue weighted by atomic mass is 32.2. The van der Waals surface area contributed by atoms with Gasteiger partial charge in [-0.05, 0) is 24.3 Å². The van der Waals surface area contributed by atoms with Crippen LogP contribution in [-0.4, -0.2) is 19.9 Å². The maximum atomic E-state index is 11.9. The van der Waals surface area contributed by atoms with E-state index in [1.165, 1.54) is 17.8 Å². The predicted octanol–water partition coefficient (Wildman–Crippen LogP) is 3.52. The number of para-hydroxylation sites is 3. The number of aromatic nitrogens is 4. The number of imidazole rings is 1. The molecular weight excluding hydrogens is 348 g/mol. The van der Waals surface area contributed by atoms with Crippen molar-refractivity contribution in [2.75, 3.05) is 0 Å². The minimum atomic E-state index is -0.196. The van der Waals surface area contributed by atoms with E-state index in [2.05, 4.69) is 19.9 Å². The third kappa shape index (κ3) is 3.94. The number of rotatable bonds is 6. The Bertz CT molecular complexity index is 1040. The number of hydrogen-bond acceptors (Lipinski definition) is 5. The lowest BCUT2D eigenvalue weighted by Gasteiger charge is -2.06. The molecule has 2 aromatic carbocycles. The van der Waals surface area contributed by atoms with Crippen LogP contribution in [0.15, 0.2) is 70.6 Å². The number of fused-ring (bicyclic) bond motifs is 1. The second-order valence-electron chi connectivity index (χ2n) is 5.63. The second kappa shape index (κ2) is 7.45. The summed E-state index contributed by atoms with van der Waals surface area (Å²) in [6.45, 7) is 0.242. The van der Waals surface area contributed by atoms with Crippen LogP contribution in [0, 0.1) is 0 Å². The summed E-state index contributed by atoms with van der Waals surface area (Å²) >= 11 is 1.42. The molecule has 2 heterocycles. The van der Waals surface area contributed by atoms with Crippen molar-refractivity contribution in [3.8, 4) is 5.75 Å². The van der Waals surface area contributed by atoms with Crippen molar-refractivity contribution in [2.24, 2.45) is 0 Å². The van der Waals surface area contributed by atoms with Crippen LogP contribution >= 0.6 is 11.8 Å². The molecule has 0 aliphatic heterocycles. The fraction of sp³-hybridized carbons (Fsp3) is 0.105. The quantitative estimate of drug-likeness (QED) is 0.404. The van der Waals surface area contributed by atoms with E-state index >= 15 is 0 Å². The molecule has 0 spiro atoms. The molecule has 0 radical (unpaired) electrons. The van der Waals surface area contributed by atoms with E-state index in [4.69, 9.17) is 4.74 Å². The molecule has 26 heavy (non-hydrogen) atoms. The minimum absolute atomic E-state index is 0.196. The number of hydrogen-bond donors (Lipinski definition) is 2. The Balaban J connectivity index is 1.44. The number of benzene rings is 2. The van der Waals surface area contributed by atoms with Gasteiger partial charge in [0.1, 0.15) is 18.2 Å². The molecule has 2 N–H and O–H groups in total. The number of thioether (sulfide) groups is 1. The smallest absolute Gasteiger partial charge is 0.251 e. The Kier molecular flexibility index (Phi) is 4.70. The molecule has 0 unspecified atom stereocenters. The SMILES string of the molecule is O=c1cc(COc2ccccc2)nc(SCc2nc3ccccc3[nH]2)[nH]1. The van der Waals surface area contributed by atoms with Gasteiger partial charge in [-0.25, -0.2) is 9.97 Å². The van der Waals surface area contributed by atoms with Crippen LogP contribution in [-0.2, 0) is 12.4 Å². The van der Waals surface area contributed by atoms with Crippen molar-refractivity contribution >= 4 is 22.8 Å². The number of nitrogens with zero attached hydrogens (tertiary/aromatic N) is 2. The monoisotopic (exact) mass is 364 g/mol. The molecular formula is C19H16N4O2S. The molecule has 6 nitrogen and oxygen atoms in total. The van der Waals surface area contributed by atoms with E-state index in [9.17, 15) is 4.79 Å². The van der Waals surface area contributed by atoms with Crippen molar-refractivity contribution in [1.82, 2.24) is 19.9 Å². The normalized spacial score (nSPS) is 10.9. The topological polar surface area (TPSA) is 83.7 Å². The Morgan fingerprint density at radius 3 is 2.62 bits per heavy atom. The maximum Gasteiger partial charge on any atom is 0.251 e. The first-order chi connectivity index (χ1) is 12.8. The van der Waals surface area contributed by atoms with Crippen LogP contribution in [0.1, 0.15) is 11.5 Å². The molecule has 0 bridgehead atoms. The lowest BCUT2D eigenvalue weighted by atomic mass is 10.3. The van der Waals surface area contributed by atoms with Gasteiger partial charge in [-0.2, -0.15) is 0 Å². The van der Waals surface area contributed by atoms with Crippen LogP contribution in [0.5, 0.6) is 5.75 Å². The highest BCUT2D eigenvalue weighted by molar-refractivity contribution is 7.98. The highest BCUT2D eigenvalue weighted by Gasteiger charge is 2.07. The third-order valence-corrected chi connectivity index (χ3v) is 4.57. The summed E-state index contributed by atoms with van der Waals surface area (Å²) in [4.78, 5) is 26.9. The van der Waals surface area contributed by atoms with Crippen molar-refractivity contribution in [3.05, 3.63) is 82.5 Å². The van der Waals surface area contributed by atoms with Crippen molar-refractivity contribution in [1.29, 1.82) is 0 Å². The Labute approximate surface area is 153 Å². The summed E-state index contributed by atoms with van der Waals surface area (Å²) in [5, 5.41) is 0.546. The lowest BCUT2D eigenvalue weighted by Crippen LogP contribution is -2.11. The molecule has 0 saturated carbocycles. The first-order valence-corrected chi connectivity index (χ1v) is 9.09. The molecule has 0 saturated heterocycles. The Hall–Kier alpha value is -3.06. The van der Waals surface area contributed by atoms with Crippen molar-refractivity contribution < 1.29 is 4.74 Å². The Morgan fingerprint density at radius 1 is 0.962 bits per heavy atom. The van der Waals surface area contributed by atoms with Gasteiger partial charge in [0, 0.05) is 6.07 Å². The molecule has 7 heteroatoms. The Morgan fingerprint density at radius 2 is 1.77 bits per heavy atom. The molecule has 4 rings (SSSR count). The standard InChI is InChI=1S/C19H16N4O2S/c24-18-10-13(11-25-14-6-2-1-3-7-14)20-19(23-18)26-12-17-21-15-8-4-5-9-16(15)22-17/h1-10H,11-12H2,(H,21,22)(H,20,23,24). The largest absolute Gasteiger partial charge is 0.487 e. The van der Waals surface area contributed by atoms with Crippen LogP contribution in [0.2, 0.25) is 0 Å². The molecule has 0 aliphatic carbocycles. The summed E-state index contributed by atoms with van der Waals surface area (Å²) in [5.41, 5.74) is 2.31. The molecule has 2 aromatic heterocycles. The predicted molar refractivity (Wildman–Crippen MR) is 101 cm³/mol. The van der Waals surface area contributed by atoms with Gasteiger partial charge in [0.15, 0.2) is 5.16 Å². The zero-order valence-corrected chi connectivity index (χ0v) is 14.6. The third-order valence-electron chi connectivity index (χ3n) is 3.69. The van der Waals surface area contributed by atoms with Crippen LogP contribution in [0.25, 0.3) is 11.0 Å². The summed E-state index contributed by atoms with van der Waals surface area (Å²) in [5.74, 6) is 2.16. The van der Waals surface area contributed by atoms with Gasteiger partial charge in [0.25, 0.3) is 5.56 Å². The summed E-state index contributed by atoms with van der Waals surface area (Å²) in [6.07, 6.45) is 0. The highest BCUT2D eigenvalue weighted by Crippen LogP contribution is 2.19. The van der Waals surface area contributed by atoms with E-state index in [0.29, 0.717) is 16.6 Å². The molecule has 0 amide bonds. The van der Waals surface area contributed by atoms with Gasteiger partial charge in [0.2, 0.25) is 0 Å². The van der Waals surface area contributed by atoms with E-state index in [1.807, 2.05) is 54.6 Å². The van der Waals surface area contributed by atoms with Gasteiger partial charge < -0.3 is 14.7 Å². The van der Waals surface area contributed by atoms with Crippen LogP contribution < -0.4 is 10.3 Å². The zero-order valence-electron chi connectivity index (χ0n) is 13.8. The van der Waals surface area contributed by atoms with Crippen LogP contribution in [0.3, 0.4) is 0 Å². The summed E-state index contributed by atoms with van der Waals surface area (Å²) in [6, 6.07) is 18.8. The molecule has 0 aliphatic rings. The molecule has 0 atom stereocenters. The van der Waals surface area contributed by atoms with E-state index in [-0.39, 0.29) is 12.2 Å². The van der Waals surface area contributed by atoms with Gasteiger partial charge in [-0.1, -0.05) is 42.1 Å². The fourth-order valence-corrected chi connectivity index (χ4v) is 3.28. The molecule has 0 fully saturated rings. The minimum Gasteiger partial charge on any atom is -0.487 e. The zero-order chi connectivity index (χ0) is 17.8. The van der Waals surface area contributed by atoms with Crippen molar-refractivity contribution in [3.63, 3.8) is 0 Å². The maximum absolute atomic E-state index is 11.9. The number of H-pyrrole nitrogens is 2. The van der Waals surface area contributed by atoms with E-state index in [1.54, 1.807) is 0 Å². The number of nitrogens with one attached hydrogen (secondary N) is 2. The number of ether oxygens (including phenoxy) is 1. The second-order valence-corrected chi connectivity index (χ2v) is 6.60. The average Bonchev–Trinajstić information content (AvgIpc) is 3.08. The fourth-order valence-electron chi connectivity index (χ4n) is 2.51. The summed E-state index contributed by atoms with van der Waals surface area (Å²) < 4.78 is 5.66. The summed E-state index contributed by atoms with van der Waals surface area (Å²) in [7, 11) is 0. The van der Waals surface area contributed by atoms with Gasteiger partial charge in [-0.15, -0.1) is 0 Å². The molecule has 4 aromatic rings. The van der Waals surface area contributed by atoms with Gasteiger partial charge >= 0.3 is 0 Å².